The van der Waals surface area contributed by atoms with E-state index < -0.39 is 0 Å². The Bertz CT molecular complexity index is 612. The number of hydrogen-bond donors (Lipinski definition) is 0. The number of para-hydroxylation sites is 1. The number of thioether (sulfide) groups is 1. The lowest BCUT2D eigenvalue weighted by Crippen LogP contribution is -2.33. The van der Waals surface area contributed by atoms with Crippen LogP contribution < -0.4 is 4.74 Å². The molecule has 1 heterocycles. The summed E-state index contributed by atoms with van der Waals surface area (Å²) in [4.78, 5) is 14.3. The summed E-state index contributed by atoms with van der Waals surface area (Å²) in [6.45, 7) is 2.90. The van der Waals surface area contributed by atoms with Crippen LogP contribution in [0.3, 0.4) is 0 Å². The minimum absolute atomic E-state index is 0.0961. The van der Waals surface area contributed by atoms with E-state index in [1.807, 2.05) is 71.3 Å². The molecule has 108 valence electrons. The van der Waals surface area contributed by atoms with Gasteiger partial charge in [-0.2, -0.15) is 0 Å². The van der Waals surface area contributed by atoms with Crippen molar-refractivity contribution in [3.05, 3.63) is 60.2 Å². The number of carbonyl (C=O) groups is 1. The number of rotatable bonds is 3. The Morgan fingerprint density at radius 2 is 1.76 bits per heavy atom. The Hall–Kier alpha value is -1.94. The second kappa shape index (κ2) is 6.22. The molecule has 1 aliphatic heterocycles. The molecule has 1 atom stereocenters. The van der Waals surface area contributed by atoms with Gasteiger partial charge in [0.1, 0.15) is 11.5 Å². The highest BCUT2D eigenvalue weighted by Gasteiger charge is 2.26. The van der Waals surface area contributed by atoms with Gasteiger partial charge in [-0.1, -0.05) is 18.2 Å². The van der Waals surface area contributed by atoms with Crippen LogP contribution in [-0.2, 0) is 0 Å². The molecule has 1 saturated heterocycles. The van der Waals surface area contributed by atoms with Gasteiger partial charge in [0.05, 0.1) is 5.37 Å². The normalized spacial score (nSPS) is 17.8. The third-order valence-electron chi connectivity index (χ3n) is 3.47. The van der Waals surface area contributed by atoms with Crippen LogP contribution in [0.5, 0.6) is 11.5 Å². The second-order valence-corrected chi connectivity index (χ2v) is 6.33. The van der Waals surface area contributed by atoms with Crippen LogP contribution in [0.2, 0.25) is 0 Å². The molecule has 0 N–H and O–H groups in total. The Morgan fingerprint density at radius 1 is 1.10 bits per heavy atom. The lowest BCUT2D eigenvalue weighted by Gasteiger charge is -2.20. The van der Waals surface area contributed by atoms with E-state index in [-0.39, 0.29) is 11.3 Å². The fourth-order valence-electron chi connectivity index (χ4n) is 2.32. The number of carbonyl (C=O) groups excluding carboxylic acids is 1. The largest absolute Gasteiger partial charge is 0.457 e. The number of amides is 1. The molecule has 0 bridgehead atoms. The SMILES string of the molecule is CC1SCCN1C(=O)c1ccc(Oc2ccccc2)cc1. The minimum atomic E-state index is 0.0961. The molecule has 0 aliphatic carbocycles. The predicted octanol–water partition coefficient (Wildman–Crippen LogP) is 4.01. The van der Waals surface area contributed by atoms with E-state index >= 15 is 0 Å². The first kappa shape index (κ1) is 14.0. The summed E-state index contributed by atoms with van der Waals surface area (Å²) in [7, 11) is 0. The number of ether oxygens (including phenoxy) is 1. The van der Waals surface area contributed by atoms with Gasteiger partial charge in [-0.15, -0.1) is 11.8 Å². The molecule has 21 heavy (non-hydrogen) atoms. The second-order valence-electron chi connectivity index (χ2n) is 4.91. The minimum Gasteiger partial charge on any atom is -0.457 e. The van der Waals surface area contributed by atoms with E-state index in [1.165, 1.54) is 0 Å². The topological polar surface area (TPSA) is 29.5 Å². The Morgan fingerprint density at radius 3 is 2.38 bits per heavy atom. The fraction of sp³-hybridized carbons (Fsp3) is 0.235. The van der Waals surface area contributed by atoms with Gasteiger partial charge in [-0.25, -0.2) is 0 Å². The van der Waals surface area contributed by atoms with Crippen molar-refractivity contribution in [2.75, 3.05) is 12.3 Å². The van der Waals surface area contributed by atoms with Crippen molar-refractivity contribution in [3.8, 4) is 11.5 Å². The summed E-state index contributed by atoms with van der Waals surface area (Å²) in [6, 6.07) is 17.0. The van der Waals surface area contributed by atoms with E-state index in [9.17, 15) is 4.79 Å². The van der Waals surface area contributed by atoms with Crippen LogP contribution >= 0.6 is 11.8 Å². The first-order valence-electron chi connectivity index (χ1n) is 6.99. The molecule has 1 fully saturated rings. The van der Waals surface area contributed by atoms with Gasteiger partial charge in [0.25, 0.3) is 5.91 Å². The van der Waals surface area contributed by atoms with E-state index in [4.69, 9.17) is 4.74 Å². The maximum absolute atomic E-state index is 12.4. The molecule has 2 aromatic rings. The summed E-state index contributed by atoms with van der Waals surface area (Å²) >= 11 is 1.81. The number of benzene rings is 2. The summed E-state index contributed by atoms with van der Waals surface area (Å²) in [5, 5.41) is 0.262. The lowest BCUT2D eigenvalue weighted by molar-refractivity contribution is 0.0768. The van der Waals surface area contributed by atoms with Gasteiger partial charge in [0.15, 0.2) is 0 Å². The molecule has 4 heteroatoms. The fourth-order valence-corrected chi connectivity index (χ4v) is 3.34. The zero-order valence-electron chi connectivity index (χ0n) is 11.9. The van der Waals surface area contributed by atoms with Gasteiger partial charge in [0.2, 0.25) is 0 Å². The molecule has 3 rings (SSSR count). The molecule has 1 aliphatic rings. The van der Waals surface area contributed by atoms with Crippen molar-refractivity contribution >= 4 is 17.7 Å². The zero-order chi connectivity index (χ0) is 14.7. The van der Waals surface area contributed by atoms with E-state index in [2.05, 4.69) is 6.92 Å². The van der Waals surface area contributed by atoms with E-state index in [1.54, 1.807) is 0 Å². The molecular weight excluding hydrogens is 282 g/mol. The average molecular weight is 299 g/mol. The van der Waals surface area contributed by atoms with Crippen molar-refractivity contribution < 1.29 is 9.53 Å². The number of nitrogens with zero attached hydrogens (tertiary/aromatic N) is 1. The molecular formula is C17H17NO2S. The maximum atomic E-state index is 12.4. The summed E-state index contributed by atoms with van der Waals surface area (Å²) in [5.41, 5.74) is 0.713. The van der Waals surface area contributed by atoms with Gasteiger partial charge in [0, 0.05) is 17.9 Å². The van der Waals surface area contributed by atoms with E-state index in [0.717, 1.165) is 23.8 Å². The summed E-state index contributed by atoms with van der Waals surface area (Å²) in [6.07, 6.45) is 0. The van der Waals surface area contributed by atoms with Crippen LogP contribution in [0.4, 0.5) is 0 Å². The van der Waals surface area contributed by atoms with Crippen molar-refractivity contribution in [1.29, 1.82) is 0 Å². The van der Waals surface area contributed by atoms with Crippen LogP contribution in [0.1, 0.15) is 17.3 Å². The highest BCUT2D eigenvalue weighted by atomic mass is 32.2. The highest BCUT2D eigenvalue weighted by Crippen LogP contribution is 2.26. The summed E-state index contributed by atoms with van der Waals surface area (Å²) < 4.78 is 5.73. The maximum Gasteiger partial charge on any atom is 0.254 e. The molecule has 0 aromatic heterocycles. The van der Waals surface area contributed by atoms with Crippen LogP contribution in [0.15, 0.2) is 54.6 Å². The molecule has 3 nitrogen and oxygen atoms in total. The van der Waals surface area contributed by atoms with Gasteiger partial charge in [-0.05, 0) is 43.3 Å². The standard InChI is InChI=1S/C17H17NO2S/c1-13-18(11-12-21-13)17(19)14-7-9-16(10-8-14)20-15-5-3-2-4-6-15/h2-10,13H,11-12H2,1H3. The van der Waals surface area contributed by atoms with Crippen molar-refractivity contribution in [1.82, 2.24) is 4.90 Å². The van der Waals surface area contributed by atoms with Crippen LogP contribution in [0, 0.1) is 0 Å². The molecule has 0 spiro atoms. The predicted molar refractivity (Wildman–Crippen MR) is 85.9 cm³/mol. The molecule has 1 amide bonds. The Labute approximate surface area is 128 Å². The van der Waals surface area contributed by atoms with Crippen LogP contribution in [0.25, 0.3) is 0 Å². The van der Waals surface area contributed by atoms with Crippen molar-refractivity contribution in [3.63, 3.8) is 0 Å². The zero-order valence-corrected chi connectivity index (χ0v) is 12.7. The van der Waals surface area contributed by atoms with Crippen LogP contribution in [-0.4, -0.2) is 28.5 Å². The van der Waals surface area contributed by atoms with Gasteiger partial charge < -0.3 is 9.64 Å². The smallest absolute Gasteiger partial charge is 0.254 e. The molecule has 1 unspecified atom stereocenters. The quantitative estimate of drug-likeness (QED) is 0.857. The first-order chi connectivity index (χ1) is 10.2. The first-order valence-corrected chi connectivity index (χ1v) is 8.04. The molecule has 2 aromatic carbocycles. The third kappa shape index (κ3) is 3.22. The number of hydrogen-bond acceptors (Lipinski definition) is 3. The van der Waals surface area contributed by atoms with Crippen molar-refractivity contribution in [2.45, 2.75) is 12.3 Å². The third-order valence-corrected chi connectivity index (χ3v) is 4.63. The average Bonchev–Trinajstić information content (AvgIpc) is 2.94. The Kier molecular flexibility index (Phi) is 4.15. The van der Waals surface area contributed by atoms with E-state index in [0.29, 0.717) is 5.56 Å². The molecule has 0 saturated carbocycles. The van der Waals surface area contributed by atoms with Crippen molar-refractivity contribution in [2.24, 2.45) is 0 Å². The van der Waals surface area contributed by atoms with Gasteiger partial charge >= 0.3 is 0 Å². The molecule has 0 radical (unpaired) electrons. The van der Waals surface area contributed by atoms with Gasteiger partial charge in [-0.3, -0.25) is 4.79 Å². The lowest BCUT2D eigenvalue weighted by atomic mass is 10.2. The Balaban J connectivity index is 1.70. The summed E-state index contributed by atoms with van der Waals surface area (Å²) in [5.74, 6) is 2.64. The monoisotopic (exact) mass is 299 g/mol. The highest BCUT2D eigenvalue weighted by molar-refractivity contribution is 8.00.